The van der Waals surface area contributed by atoms with Crippen molar-refractivity contribution < 1.29 is 19.6 Å². The van der Waals surface area contributed by atoms with E-state index in [0.29, 0.717) is 6.42 Å². The molecule has 0 heterocycles. The van der Waals surface area contributed by atoms with E-state index in [9.17, 15) is 4.79 Å². The lowest BCUT2D eigenvalue weighted by Gasteiger charge is -2.17. The second kappa shape index (κ2) is 5.47. The van der Waals surface area contributed by atoms with Crippen molar-refractivity contribution in [1.29, 1.82) is 0 Å². The van der Waals surface area contributed by atoms with E-state index in [2.05, 4.69) is 30.7 Å². The first-order chi connectivity index (χ1) is 6.60. The minimum Gasteiger partial charge on any atom is -0.269 e. The molecule has 0 aliphatic carbocycles. The minimum atomic E-state index is -0.482. The zero-order valence-electron chi connectivity index (χ0n) is 10.5. The molecule has 0 bridgehead atoms. The first-order valence-electron chi connectivity index (χ1n) is 5.15. The Bertz CT molecular complexity index is 198. The third-order valence-electron chi connectivity index (χ3n) is 1.49. The zero-order chi connectivity index (χ0) is 12.1. The van der Waals surface area contributed by atoms with Gasteiger partial charge >= 0.3 is 5.97 Å². The number of hydrogen-bond donors (Lipinski definition) is 0. The summed E-state index contributed by atoms with van der Waals surface area (Å²) in [5.74, 6) is -0.408. The van der Waals surface area contributed by atoms with Crippen LogP contribution in [0.25, 0.3) is 0 Å². The SMILES string of the molecule is CC(C)(C)CCC(=O)OOOC(C)(C)C. The van der Waals surface area contributed by atoms with Gasteiger partial charge in [-0.1, -0.05) is 20.8 Å². The Hall–Kier alpha value is -0.610. The molecule has 4 heteroatoms. The predicted octanol–water partition coefficient (Wildman–Crippen LogP) is 3.02. The molecule has 0 saturated carbocycles. The molecule has 0 N–H and O–H groups in total. The van der Waals surface area contributed by atoms with Crippen molar-refractivity contribution in [2.24, 2.45) is 5.41 Å². The molecule has 0 aromatic heterocycles. The van der Waals surface area contributed by atoms with E-state index in [1.54, 1.807) is 20.8 Å². The number of carbonyl (C=O) groups is 1. The standard InChI is InChI=1S/C11H22O4/c1-10(2,3)8-7-9(12)13-15-14-11(4,5)6/h7-8H2,1-6H3. The van der Waals surface area contributed by atoms with Crippen LogP contribution < -0.4 is 0 Å². The number of rotatable bonds is 4. The molecule has 0 unspecified atom stereocenters. The molecule has 90 valence electrons. The quantitative estimate of drug-likeness (QED) is 0.537. The molecule has 0 radical (unpaired) electrons. The number of hydrogen-bond acceptors (Lipinski definition) is 4. The molecule has 0 spiro atoms. The maximum Gasteiger partial charge on any atom is 0.345 e. The van der Waals surface area contributed by atoms with Gasteiger partial charge in [-0.05, 0) is 37.6 Å². The van der Waals surface area contributed by atoms with Crippen LogP contribution in [0, 0.1) is 5.41 Å². The molecular weight excluding hydrogens is 196 g/mol. The monoisotopic (exact) mass is 218 g/mol. The van der Waals surface area contributed by atoms with Crippen molar-refractivity contribution in [2.75, 3.05) is 0 Å². The van der Waals surface area contributed by atoms with E-state index in [-0.39, 0.29) is 5.41 Å². The predicted molar refractivity (Wildman–Crippen MR) is 56.7 cm³/mol. The topological polar surface area (TPSA) is 44.8 Å². The Morgan fingerprint density at radius 2 is 1.60 bits per heavy atom. The van der Waals surface area contributed by atoms with E-state index in [1.165, 1.54) is 0 Å². The highest BCUT2D eigenvalue weighted by Gasteiger charge is 2.16. The highest BCUT2D eigenvalue weighted by molar-refractivity contribution is 5.68. The molecule has 0 fully saturated rings. The summed E-state index contributed by atoms with van der Waals surface area (Å²) in [7, 11) is 0. The molecule has 0 aromatic carbocycles. The third kappa shape index (κ3) is 11.3. The maximum absolute atomic E-state index is 11.1. The smallest absolute Gasteiger partial charge is 0.269 e. The molecule has 0 aromatic rings. The van der Waals surface area contributed by atoms with Gasteiger partial charge in [-0.3, -0.25) is 4.89 Å². The fourth-order valence-corrected chi connectivity index (χ4v) is 0.676. The van der Waals surface area contributed by atoms with E-state index in [1.807, 2.05) is 0 Å². The van der Waals surface area contributed by atoms with Crippen LogP contribution in [-0.2, 0) is 19.6 Å². The second-order valence-electron chi connectivity index (χ2n) is 5.78. The Morgan fingerprint density at radius 1 is 1.07 bits per heavy atom. The molecule has 0 atom stereocenters. The Kier molecular flexibility index (Phi) is 5.24. The van der Waals surface area contributed by atoms with Crippen molar-refractivity contribution in [3.8, 4) is 0 Å². The van der Waals surface area contributed by atoms with E-state index >= 15 is 0 Å². The summed E-state index contributed by atoms with van der Waals surface area (Å²) < 4.78 is 0. The molecule has 0 saturated heterocycles. The lowest BCUT2D eigenvalue weighted by Crippen LogP contribution is -2.21. The van der Waals surface area contributed by atoms with Gasteiger partial charge in [-0.2, -0.15) is 4.89 Å². The molecule has 4 nitrogen and oxygen atoms in total. The Labute approximate surface area is 91.7 Å². The zero-order valence-corrected chi connectivity index (χ0v) is 10.5. The summed E-state index contributed by atoms with van der Waals surface area (Å²) in [6.07, 6.45) is 1.09. The summed E-state index contributed by atoms with van der Waals surface area (Å²) in [6.45, 7) is 11.6. The third-order valence-corrected chi connectivity index (χ3v) is 1.49. The van der Waals surface area contributed by atoms with E-state index < -0.39 is 11.6 Å². The molecular formula is C11H22O4. The van der Waals surface area contributed by atoms with Gasteiger partial charge in [0.25, 0.3) is 0 Å². The average molecular weight is 218 g/mol. The lowest BCUT2D eigenvalue weighted by atomic mass is 9.91. The summed E-state index contributed by atoms with van der Waals surface area (Å²) >= 11 is 0. The summed E-state index contributed by atoms with van der Waals surface area (Å²) in [5, 5.41) is 4.38. The fraction of sp³-hybridized carbons (Fsp3) is 0.909. The fourth-order valence-electron chi connectivity index (χ4n) is 0.676. The Balaban J connectivity index is 3.60. The molecule has 15 heavy (non-hydrogen) atoms. The highest BCUT2D eigenvalue weighted by Crippen LogP contribution is 2.20. The van der Waals surface area contributed by atoms with E-state index in [0.717, 1.165) is 6.42 Å². The van der Waals surface area contributed by atoms with Crippen molar-refractivity contribution in [3.63, 3.8) is 0 Å². The number of carbonyl (C=O) groups excluding carboxylic acids is 1. The molecule has 0 aliphatic heterocycles. The Morgan fingerprint density at radius 3 is 2.00 bits per heavy atom. The van der Waals surface area contributed by atoms with Crippen LogP contribution in [0.3, 0.4) is 0 Å². The van der Waals surface area contributed by atoms with Crippen LogP contribution >= 0.6 is 0 Å². The van der Waals surface area contributed by atoms with Crippen LogP contribution in [0.2, 0.25) is 0 Å². The van der Waals surface area contributed by atoms with Crippen molar-refractivity contribution in [2.45, 2.75) is 60.0 Å². The van der Waals surface area contributed by atoms with Gasteiger partial charge in [0.2, 0.25) is 0 Å². The highest BCUT2D eigenvalue weighted by atomic mass is 17.5. The molecule has 0 aliphatic rings. The van der Waals surface area contributed by atoms with Crippen molar-refractivity contribution in [3.05, 3.63) is 0 Å². The maximum atomic E-state index is 11.1. The first kappa shape index (κ1) is 14.4. The van der Waals surface area contributed by atoms with E-state index in [4.69, 9.17) is 4.89 Å². The molecule has 0 rings (SSSR count). The van der Waals surface area contributed by atoms with Gasteiger partial charge in [0, 0.05) is 6.42 Å². The van der Waals surface area contributed by atoms with Gasteiger partial charge < -0.3 is 0 Å². The van der Waals surface area contributed by atoms with Crippen LogP contribution in [0.5, 0.6) is 0 Å². The van der Waals surface area contributed by atoms with Crippen molar-refractivity contribution >= 4 is 5.97 Å². The minimum absolute atomic E-state index is 0.115. The van der Waals surface area contributed by atoms with Gasteiger partial charge in [0.05, 0.1) is 5.60 Å². The molecule has 0 amide bonds. The second-order valence-corrected chi connectivity index (χ2v) is 5.78. The van der Waals surface area contributed by atoms with Gasteiger partial charge in [0.15, 0.2) is 0 Å². The van der Waals surface area contributed by atoms with Crippen LogP contribution in [-0.4, -0.2) is 11.6 Å². The van der Waals surface area contributed by atoms with Crippen molar-refractivity contribution in [1.82, 2.24) is 0 Å². The summed E-state index contributed by atoms with van der Waals surface area (Å²) in [4.78, 5) is 20.4. The van der Waals surface area contributed by atoms with Gasteiger partial charge in [-0.25, -0.2) is 4.79 Å². The van der Waals surface area contributed by atoms with Crippen LogP contribution in [0.4, 0.5) is 0 Å². The summed E-state index contributed by atoms with van der Waals surface area (Å²) in [5.41, 5.74) is -0.367. The summed E-state index contributed by atoms with van der Waals surface area (Å²) in [6, 6.07) is 0. The first-order valence-corrected chi connectivity index (χ1v) is 5.15. The van der Waals surface area contributed by atoms with Gasteiger partial charge in [0.1, 0.15) is 0 Å². The largest absolute Gasteiger partial charge is 0.345 e. The normalized spacial score (nSPS) is 12.7. The van der Waals surface area contributed by atoms with Crippen LogP contribution in [0.1, 0.15) is 54.4 Å². The lowest BCUT2D eigenvalue weighted by molar-refractivity contribution is -0.514. The van der Waals surface area contributed by atoms with Crippen LogP contribution in [0.15, 0.2) is 0 Å². The van der Waals surface area contributed by atoms with Gasteiger partial charge in [-0.15, -0.1) is 0 Å². The average Bonchev–Trinajstić information content (AvgIpc) is 1.97.